The fourth-order valence-corrected chi connectivity index (χ4v) is 3.17. The number of hydrogen-bond donors (Lipinski definition) is 1. The maximum absolute atomic E-state index is 12.7. The Morgan fingerprint density at radius 3 is 2.50 bits per heavy atom. The zero-order chi connectivity index (χ0) is 20.1. The zero-order valence-electron chi connectivity index (χ0n) is 16.3. The van der Waals surface area contributed by atoms with Crippen molar-refractivity contribution in [2.75, 3.05) is 37.6 Å². The van der Waals surface area contributed by atoms with Crippen molar-refractivity contribution in [2.45, 2.75) is 19.8 Å². The van der Waals surface area contributed by atoms with Gasteiger partial charge in [-0.15, -0.1) is 0 Å². The third kappa shape index (κ3) is 4.03. The van der Waals surface area contributed by atoms with E-state index in [0.29, 0.717) is 53.8 Å². The highest BCUT2D eigenvalue weighted by Crippen LogP contribution is 2.34. The minimum Gasteiger partial charge on any atom is -0.494 e. The normalized spacial score (nSPS) is 13.4. The molecule has 2 amide bonds. The molecule has 0 atom stereocenters. The highest BCUT2D eigenvalue weighted by molar-refractivity contribution is 6.05. The molecular weight excluding hydrogens is 360 g/mol. The number of nitrogens with one attached hydrogen (secondary N) is 1. The van der Waals surface area contributed by atoms with Crippen molar-refractivity contribution >= 4 is 23.2 Å². The molecule has 0 aliphatic carbocycles. The molecule has 2 aromatic rings. The van der Waals surface area contributed by atoms with Crippen LogP contribution in [0, 0.1) is 0 Å². The van der Waals surface area contributed by atoms with Gasteiger partial charge in [-0.25, -0.2) is 0 Å². The summed E-state index contributed by atoms with van der Waals surface area (Å²) in [6.07, 6.45) is 1.38. The number of hydrogen-bond acceptors (Lipinski definition) is 5. The van der Waals surface area contributed by atoms with Crippen LogP contribution in [0.15, 0.2) is 36.4 Å². The number of amides is 2. The highest BCUT2D eigenvalue weighted by Gasteiger charge is 2.24. The van der Waals surface area contributed by atoms with Crippen LogP contribution in [-0.4, -0.2) is 39.2 Å². The van der Waals surface area contributed by atoms with Gasteiger partial charge in [-0.1, -0.05) is 0 Å². The zero-order valence-corrected chi connectivity index (χ0v) is 16.3. The van der Waals surface area contributed by atoms with E-state index < -0.39 is 0 Å². The van der Waals surface area contributed by atoms with Gasteiger partial charge < -0.3 is 24.4 Å². The Balaban J connectivity index is 1.80. The number of anilines is 2. The van der Waals surface area contributed by atoms with Gasteiger partial charge in [0, 0.05) is 30.3 Å². The fraction of sp³-hybridized carbons (Fsp3) is 0.333. The van der Waals surface area contributed by atoms with Gasteiger partial charge in [0.15, 0.2) is 11.5 Å². The topological polar surface area (TPSA) is 77.1 Å². The predicted octanol–water partition coefficient (Wildman–Crippen LogP) is 3.48. The average molecular weight is 384 g/mol. The van der Waals surface area contributed by atoms with E-state index in [0.717, 1.165) is 6.42 Å². The van der Waals surface area contributed by atoms with Crippen molar-refractivity contribution < 1.29 is 23.8 Å². The summed E-state index contributed by atoms with van der Waals surface area (Å²) in [7, 11) is 3.10. The van der Waals surface area contributed by atoms with Gasteiger partial charge in [0.25, 0.3) is 5.91 Å². The number of rotatable bonds is 7. The van der Waals surface area contributed by atoms with Crippen molar-refractivity contribution in [3.8, 4) is 17.2 Å². The van der Waals surface area contributed by atoms with Gasteiger partial charge in [-0.05, 0) is 43.7 Å². The van der Waals surface area contributed by atoms with Crippen molar-refractivity contribution in [1.82, 2.24) is 0 Å². The summed E-state index contributed by atoms with van der Waals surface area (Å²) in [5.74, 6) is 1.42. The molecule has 0 spiro atoms. The maximum Gasteiger partial charge on any atom is 0.255 e. The smallest absolute Gasteiger partial charge is 0.255 e. The number of carbonyl (C=O) groups is 2. The van der Waals surface area contributed by atoms with Gasteiger partial charge in [0.2, 0.25) is 5.91 Å². The summed E-state index contributed by atoms with van der Waals surface area (Å²) in [4.78, 5) is 26.4. The lowest BCUT2D eigenvalue weighted by Gasteiger charge is -2.19. The van der Waals surface area contributed by atoms with Crippen LogP contribution in [0.2, 0.25) is 0 Å². The minimum atomic E-state index is -0.282. The Kier molecular flexibility index (Phi) is 6.03. The first-order valence-electron chi connectivity index (χ1n) is 9.18. The Morgan fingerprint density at radius 2 is 1.86 bits per heavy atom. The molecule has 1 fully saturated rings. The number of ether oxygens (including phenoxy) is 3. The highest BCUT2D eigenvalue weighted by atomic mass is 16.5. The van der Waals surface area contributed by atoms with E-state index in [-0.39, 0.29) is 11.8 Å². The monoisotopic (exact) mass is 384 g/mol. The summed E-state index contributed by atoms with van der Waals surface area (Å²) >= 11 is 0. The van der Waals surface area contributed by atoms with Gasteiger partial charge in [-0.2, -0.15) is 0 Å². The lowest BCUT2D eigenvalue weighted by Crippen LogP contribution is -2.24. The molecule has 7 heteroatoms. The van der Waals surface area contributed by atoms with Crippen LogP contribution in [-0.2, 0) is 4.79 Å². The van der Waals surface area contributed by atoms with E-state index in [9.17, 15) is 9.59 Å². The molecule has 0 saturated carbocycles. The molecule has 0 radical (unpaired) electrons. The van der Waals surface area contributed by atoms with E-state index >= 15 is 0 Å². The van der Waals surface area contributed by atoms with E-state index in [1.807, 2.05) is 6.92 Å². The largest absolute Gasteiger partial charge is 0.494 e. The molecule has 7 nitrogen and oxygen atoms in total. The molecule has 0 bridgehead atoms. The second-order valence-corrected chi connectivity index (χ2v) is 6.29. The quantitative estimate of drug-likeness (QED) is 0.791. The van der Waals surface area contributed by atoms with E-state index in [2.05, 4.69) is 5.32 Å². The van der Waals surface area contributed by atoms with E-state index in [4.69, 9.17) is 14.2 Å². The third-order valence-corrected chi connectivity index (χ3v) is 4.53. The minimum absolute atomic E-state index is 0.0803. The number of carbonyl (C=O) groups excluding carboxylic acids is 2. The Hall–Kier alpha value is -3.22. The maximum atomic E-state index is 12.7. The molecule has 2 aromatic carbocycles. The lowest BCUT2D eigenvalue weighted by atomic mass is 10.1. The Bertz CT molecular complexity index is 881. The summed E-state index contributed by atoms with van der Waals surface area (Å²) < 4.78 is 16.2. The van der Waals surface area contributed by atoms with Crippen LogP contribution in [0.4, 0.5) is 11.4 Å². The van der Waals surface area contributed by atoms with Crippen LogP contribution >= 0.6 is 0 Å². The van der Waals surface area contributed by atoms with Gasteiger partial charge in [0.05, 0.1) is 26.5 Å². The second-order valence-electron chi connectivity index (χ2n) is 6.29. The average Bonchev–Trinajstić information content (AvgIpc) is 3.13. The van der Waals surface area contributed by atoms with Gasteiger partial charge in [-0.3, -0.25) is 9.59 Å². The number of nitrogens with zero attached hydrogens (tertiary/aromatic N) is 1. The Labute approximate surface area is 164 Å². The molecule has 0 unspecified atom stereocenters. The van der Waals surface area contributed by atoms with Crippen molar-refractivity contribution in [2.24, 2.45) is 0 Å². The molecule has 1 aliphatic rings. The summed E-state index contributed by atoms with van der Waals surface area (Å²) in [5.41, 5.74) is 1.74. The SMILES string of the molecule is CCOc1cc(C(=O)Nc2ccc(N3CCCC3=O)c(OC)c2)ccc1OC. The van der Waals surface area contributed by atoms with Crippen LogP contribution in [0.1, 0.15) is 30.1 Å². The number of benzene rings is 2. The van der Waals surface area contributed by atoms with Crippen LogP contribution in [0.3, 0.4) is 0 Å². The summed E-state index contributed by atoms with van der Waals surface area (Å²) in [6, 6.07) is 10.3. The van der Waals surface area contributed by atoms with Crippen LogP contribution in [0.5, 0.6) is 17.2 Å². The van der Waals surface area contributed by atoms with E-state index in [1.54, 1.807) is 55.5 Å². The first kappa shape index (κ1) is 19.5. The molecule has 28 heavy (non-hydrogen) atoms. The van der Waals surface area contributed by atoms with Gasteiger partial charge in [0.1, 0.15) is 5.75 Å². The van der Waals surface area contributed by atoms with Crippen molar-refractivity contribution in [3.63, 3.8) is 0 Å². The first-order valence-corrected chi connectivity index (χ1v) is 9.18. The first-order chi connectivity index (χ1) is 13.6. The third-order valence-electron chi connectivity index (χ3n) is 4.53. The van der Waals surface area contributed by atoms with Crippen molar-refractivity contribution in [1.29, 1.82) is 0 Å². The molecule has 1 N–H and O–H groups in total. The summed E-state index contributed by atoms with van der Waals surface area (Å²) in [5, 5.41) is 2.85. The lowest BCUT2D eigenvalue weighted by molar-refractivity contribution is -0.117. The molecule has 1 aliphatic heterocycles. The molecule has 148 valence electrons. The van der Waals surface area contributed by atoms with E-state index in [1.165, 1.54) is 0 Å². The molecule has 1 saturated heterocycles. The predicted molar refractivity (Wildman–Crippen MR) is 107 cm³/mol. The molecule has 1 heterocycles. The fourth-order valence-electron chi connectivity index (χ4n) is 3.17. The van der Waals surface area contributed by atoms with Crippen LogP contribution in [0.25, 0.3) is 0 Å². The van der Waals surface area contributed by atoms with Crippen LogP contribution < -0.4 is 24.4 Å². The Morgan fingerprint density at radius 1 is 1.07 bits per heavy atom. The molecular formula is C21H24N2O5. The molecule has 3 rings (SSSR count). The summed E-state index contributed by atoms with van der Waals surface area (Å²) in [6.45, 7) is 3.01. The van der Waals surface area contributed by atoms with Gasteiger partial charge >= 0.3 is 0 Å². The molecule has 0 aromatic heterocycles. The standard InChI is InChI=1S/C21H24N2O5/c1-4-28-19-12-14(7-10-17(19)26-2)21(25)22-15-8-9-16(18(13-15)27-3)23-11-5-6-20(23)24/h7-10,12-13H,4-6,11H2,1-3H3,(H,22,25). The van der Waals surface area contributed by atoms with Crippen molar-refractivity contribution in [3.05, 3.63) is 42.0 Å². The second kappa shape index (κ2) is 8.65. The number of methoxy groups -OCH3 is 2.